The molecular formula is C26H39N3O4S. The van der Waals surface area contributed by atoms with E-state index in [1.165, 1.54) is 17.1 Å². The van der Waals surface area contributed by atoms with Crippen molar-refractivity contribution in [2.24, 2.45) is 11.8 Å². The first-order valence-corrected chi connectivity index (χ1v) is 14.4. The molecule has 0 aromatic heterocycles. The number of likely N-dealkylation sites (tertiary alicyclic amines) is 2. The van der Waals surface area contributed by atoms with E-state index in [-0.39, 0.29) is 23.7 Å². The molecule has 4 rings (SSSR count). The molecule has 3 aliphatic rings. The summed E-state index contributed by atoms with van der Waals surface area (Å²) in [6, 6.07) is 5.25. The molecule has 8 heteroatoms. The minimum atomic E-state index is -3.54. The summed E-state index contributed by atoms with van der Waals surface area (Å²) in [5.74, 6) is 0.305. The average Bonchev–Trinajstić information content (AvgIpc) is 3.14. The molecule has 0 aliphatic carbocycles. The van der Waals surface area contributed by atoms with E-state index >= 15 is 0 Å². The molecule has 34 heavy (non-hydrogen) atoms. The Morgan fingerprint density at radius 3 is 1.74 bits per heavy atom. The summed E-state index contributed by atoms with van der Waals surface area (Å²) in [7, 11) is -3.54. The number of hydrogen-bond acceptors (Lipinski definition) is 4. The molecule has 0 spiro atoms. The van der Waals surface area contributed by atoms with Crippen molar-refractivity contribution in [3.8, 4) is 0 Å². The number of piperidine rings is 2. The van der Waals surface area contributed by atoms with Crippen molar-refractivity contribution in [3.63, 3.8) is 0 Å². The second-order valence-electron chi connectivity index (χ2n) is 10.3. The van der Waals surface area contributed by atoms with Gasteiger partial charge in [0.05, 0.1) is 4.90 Å². The van der Waals surface area contributed by atoms with Crippen molar-refractivity contribution in [2.45, 2.75) is 70.1 Å². The van der Waals surface area contributed by atoms with Crippen molar-refractivity contribution in [1.29, 1.82) is 0 Å². The van der Waals surface area contributed by atoms with Crippen LogP contribution in [-0.2, 0) is 19.6 Å². The van der Waals surface area contributed by atoms with Gasteiger partial charge in [0.15, 0.2) is 0 Å². The molecule has 3 fully saturated rings. The average molecular weight is 490 g/mol. The number of nitrogens with zero attached hydrogens (tertiary/aromatic N) is 3. The molecule has 0 bridgehead atoms. The van der Waals surface area contributed by atoms with Crippen LogP contribution in [0.2, 0.25) is 0 Å². The van der Waals surface area contributed by atoms with Gasteiger partial charge in [0.2, 0.25) is 21.8 Å². The van der Waals surface area contributed by atoms with Gasteiger partial charge in [-0.1, -0.05) is 18.9 Å². The van der Waals surface area contributed by atoms with E-state index in [0.717, 1.165) is 49.9 Å². The van der Waals surface area contributed by atoms with E-state index in [1.807, 2.05) is 29.7 Å². The Labute approximate surface area is 204 Å². The highest BCUT2D eigenvalue weighted by molar-refractivity contribution is 7.89. The zero-order chi connectivity index (χ0) is 24.3. The van der Waals surface area contributed by atoms with Gasteiger partial charge in [-0.25, -0.2) is 8.42 Å². The van der Waals surface area contributed by atoms with E-state index in [0.29, 0.717) is 43.9 Å². The molecule has 1 aromatic carbocycles. The molecule has 2 amide bonds. The normalized spacial score (nSPS) is 21.9. The monoisotopic (exact) mass is 489 g/mol. The Morgan fingerprint density at radius 1 is 0.706 bits per heavy atom. The maximum absolute atomic E-state index is 13.1. The Kier molecular flexibility index (Phi) is 7.97. The van der Waals surface area contributed by atoms with E-state index in [1.54, 1.807) is 12.1 Å². The van der Waals surface area contributed by atoms with Crippen LogP contribution in [0.5, 0.6) is 0 Å². The molecule has 188 valence electrons. The van der Waals surface area contributed by atoms with Gasteiger partial charge < -0.3 is 9.80 Å². The van der Waals surface area contributed by atoms with Gasteiger partial charge in [-0.3, -0.25) is 9.59 Å². The first-order chi connectivity index (χ1) is 16.3. The van der Waals surface area contributed by atoms with Gasteiger partial charge in [-0.2, -0.15) is 4.31 Å². The minimum absolute atomic E-state index is 0.0344. The first-order valence-electron chi connectivity index (χ1n) is 12.9. The lowest BCUT2D eigenvalue weighted by molar-refractivity contribution is -0.143. The number of hydrogen-bond donors (Lipinski definition) is 0. The van der Waals surface area contributed by atoms with Crippen LogP contribution in [0.4, 0.5) is 0 Å². The smallest absolute Gasteiger partial charge is 0.243 e. The van der Waals surface area contributed by atoms with E-state index in [4.69, 9.17) is 0 Å². The predicted octanol–water partition coefficient (Wildman–Crippen LogP) is 3.35. The Balaban J connectivity index is 1.27. The first kappa shape index (κ1) is 25.2. The molecule has 3 saturated heterocycles. The summed E-state index contributed by atoms with van der Waals surface area (Å²) in [5.41, 5.74) is 2.03. The number of carbonyl (C=O) groups is 2. The van der Waals surface area contributed by atoms with Gasteiger partial charge in [-0.15, -0.1) is 0 Å². The summed E-state index contributed by atoms with van der Waals surface area (Å²) < 4.78 is 27.7. The maximum Gasteiger partial charge on any atom is 0.243 e. The van der Waals surface area contributed by atoms with Crippen molar-refractivity contribution >= 4 is 21.8 Å². The van der Waals surface area contributed by atoms with Crippen LogP contribution in [0.25, 0.3) is 0 Å². The Bertz CT molecular complexity index is 985. The zero-order valence-electron chi connectivity index (χ0n) is 20.7. The Hall–Kier alpha value is -1.93. The topological polar surface area (TPSA) is 78.0 Å². The molecule has 1 aromatic rings. The van der Waals surface area contributed by atoms with Crippen LogP contribution >= 0.6 is 0 Å². The van der Waals surface area contributed by atoms with Crippen molar-refractivity contribution in [3.05, 3.63) is 29.3 Å². The highest BCUT2D eigenvalue weighted by Crippen LogP contribution is 2.28. The van der Waals surface area contributed by atoms with Gasteiger partial charge in [0.25, 0.3) is 0 Å². The quantitative estimate of drug-likeness (QED) is 0.650. The number of benzene rings is 1. The number of amides is 2. The molecule has 3 aliphatic heterocycles. The molecule has 0 radical (unpaired) electrons. The van der Waals surface area contributed by atoms with Crippen molar-refractivity contribution in [1.82, 2.24) is 14.1 Å². The van der Waals surface area contributed by atoms with Crippen LogP contribution in [0.3, 0.4) is 0 Å². The Morgan fingerprint density at radius 2 is 1.21 bits per heavy atom. The standard InChI is InChI=1S/C26H39N3O4S/c1-20-7-8-24(19-21(20)2)34(32,33)29-17-11-23(12-18-29)26(31)28-15-9-22(10-16-28)25(30)27-13-5-3-4-6-14-27/h7-8,19,22-23H,3-6,9-18H2,1-2H3. The molecule has 0 N–H and O–H groups in total. The third kappa shape index (κ3) is 5.48. The second kappa shape index (κ2) is 10.8. The van der Waals surface area contributed by atoms with Crippen LogP contribution in [-0.4, -0.2) is 73.6 Å². The number of carbonyl (C=O) groups excluding carboxylic acids is 2. The fourth-order valence-corrected chi connectivity index (χ4v) is 7.08. The van der Waals surface area contributed by atoms with E-state index in [2.05, 4.69) is 0 Å². The summed E-state index contributed by atoms with van der Waals surface area (Å²) in [6.45, 7) is 7.64. The lowest BCUT2D eigenvalue weighted by Gasteiger charge is -2.37. The minimum Gasteiger partial charge on any atom is -0.342 e. The SMILES string of the molecule is Cc1ccc(S(=O)(=O)N2CCC(C(=O)N3CCC(C(=O)N4CCCCCC4)CC3)CC2)cc1C. The maximum atomic E-state index is 13.1. The van der Waals surface area contributed by atoms with Gasteiger partial charge in [-0.05, 0) is 75.6 Å². The van der Waals surface area contributed by atoms with Crippen molar-refractivity contribution in [2.75, 3.05) is 39.3 Å². The zero-order valence-corrected chi connectivity index (χ0v) is 21.5. The van der Waals surface area contributed by atoms with Crippen LogP contribution in [0.15, 0.2) is 23.1 Å². The number of sulfonamides is 1. The van der Waals surface area contributed by atoms with E-state index in [9.17, 15) is 18.0 Å². The largest absolute Gasteiger partial charge is 0.342 e. The third-order valence-corrected chi connectivity index (χ3v) is 9.89. The number of aryl methyl sites for hydroxylation is 2. The third-order valence-electron chi connectivity index (χ3n) is 7.99. The second-order valence-corrected chi connectivity index (χ2v) is 12.2. The molecule has 0 unspecified atom stereocenters. The lowest BCUT2D eigenvalue weighted by Crippen LogP contribution is -2.48. The molecule has 0 atom stereocenters. The predicted molar refractivity (Wildman–Crippen MR) is 132 cm³/mol. The highest BCUT2D eigenvalue weighted by Gasteiger charge is 2.36. The molecule has 0 saturated carbocycles. The summed E-state index contributed by atoms with van der Waals surface area (Å²) in [4.78, 5) is 30.4. The molecule has 7 nitrogen and oxygen atoms in total. The van der Waals surface area contributed by atoms with Crippen LogP contribution in [0.1, 0.15) is 62.5 Å². The highest BCUT2D eigenvalue weighted by atomic mass is 32.2. The lowest BCUT2D eigenvalue weighted by atomic mass is 9.92. The fourth-order valence-electron chi connectivity index (χ4n) is 5.52. The fraction of sp³-hybridized carbons (Fsp3) is 0.692. The van der Waals surface area contributed by atoms with Crippen LogP contribution in [0, 0.1) is 25.7 Å². The molecular weight excluding hydrogens is 450 g/mol. The van der Waals surface area contributed by atoms with Gasteiger partial charge in [0, 0.05) is 51.1 Å². The van der Waals surface area contributed by atoms with Gasteiger partial charge >= 0.3 is 0 Å². The van der Waals surface area contributed by atoms with E-state index < -0.39 is 10.0 Å². The van der Waals surface area contributed by atoms with Crippen LogP contribution < -0.4 is 0 Å². The van der Waals surface area contributed by atoms with Crippen molar-refractivity contribution < 1.29 is 18.0 Å². The summed E-state index contributed by atoms with van der Waals surface area (Å²) in [6.07, 6.45) is 7.19. The molecule has 3 heterocycles. The van der Waals surface area contributed by atoms with Gasteiger partial charge in [0.1, 0.15) is 0 Å². The number of rotatable bonds is 4. The summed E-state index contributed by atoms with van der Waals surface area (Å²) in [5, 5.41) is 0. The summed E-state index contributed by atoms with van der Waals surface area (Å²) >= 11 is 0.